The predicted molar refractivity (Wildman–Crippen MR) is 82.4 cm³/mol. The number of aryl methyl sites for hydroxylation is 1. The summed E-state index contributed by atoms with van der Waals surface area (Å²) in [6.07, 6.45) is 12.6. The summed E-state index contributed by atoms with van der Waals surface area (Å²) in [5.41, 5.74) is 0.316. The molecule has 0 amide bonds. The molecule has 3 atom stereocenters. The Hall–Kier alpha value is -0.830. The molecule has 3 unspecified atom stereocenters. The second-order valence-electron chi connectivity index (χ2n) is 7.43. The van der Waals surface area contributed by atoms with E-state index < -0.39 is 0 Å². The molecule has 0 bridgehead atoms. The molecular weight excluding hydrogens is 248 g/mol. The highest BCUT2D eigenvalue weighted by molar-refractivity contribution is 4.87. The molecule has 0 spiro atoms. The van der Waals surface area contributed by atoms with Crippen molar-refractivity contribution in [2.75, 3.05) is 0 Å². The summed E-state index contributed by atoms with van der Waals surface area (Å²) >= 11 is 0. The first-order valence-electron chi connectivity index (χ1n) is 8.12. The predicted octanol–water partition coefficient (Wildman–Crippen LogP) is 3.88. The molecule has 1 saturated carbocycles. The fourth-order valence-corrected chi connectivity index (χ4v) is 3.81. The average Bonchev–Trinajstić information content (AvgIpc) is 2.91. The first-order valence-corrected chi connectivity index (χ1v) is 8.12. The van der Waals surface area contributed by atoms with E-state index in [1.807, 2.05) is 18.7 Å². The van der Waals surface area contributed by atoms with E-state index >= 15 is 0 Å². The molecule has 114 valence electrons. The van der Waals surface area contributed by atoms with E-state index in [2.05, 4.69) is 30.3 Å². The highest BCUT2D eigenvalue weighted by Gasteiger charge is 2.37. The summed E-state index contributed by atoms with van der Waals surface area (Å²) in [6.45, 7) is 7.94. The number of aliphatic hydroxyl groups is 1. The summed E-state index contributed by atoms with van der Waals surface area (Å²) in [4.78, 5) is 4.05. The van der Waals surface area contributed by atoms with Crippen LogP contribution < -0.4 is 0 Å². The van der Waals surface area contributed by atoms with Crippen molar-refractivity contribution in [1.29, 1.82) is 0 Å². The van der Waals surface area contributed by atoms with E-state index in [0.717, 1.165) is 19.4 Å². The van der Waals surface area contributed by atoms with Gasteiger partial charge in [0.05, 0.1) is 12.4 Å². The minimum atomic E-state index is -0.136. The number of nitrogens with zero attached hydrogens (tertiary/aromatic N) is 2. The Labute approximate surface area is 123 Å². The normalized spacial score (nSPS) is 25.6. The Balaban J connectivity index is 1.84. The Morgan fingerprint density at radius 2 is 2.05 bits per heavy atom. The van der Waals surface area contributed by atoms with Crippen LogP contribution in [0.3, 0.4) is 0 Å². The zero-order valence-corrected chi connectivity index (χ0v) is 13.3. The molecule has 1 aliphatic carbocycles. The molecule has 1 heterocycles. The zero-order valence-electron chi connectivity index (χ0n) is 13.3. The molecule has 2 rings (SSSR count). The number of imidazole rings is 1. The monoisotopic (exact) mass is 278 g/mol. The quantitative estimate of drug-likeness (QED) is 0.887. The molecular formula is C17H30N2O. The van der Waals surface area contributed by atoms with Gasteiger partial charge in [-0.15, -0.1) is 0 Å². The Morgan fingerprint density at radius 1 is 1.30 bits per heavy atom. The SMILES string of the molecule is CC(C)(C)C1CCCCC1C(O)CCCn1ccnc1. The minimum Gasteiger partial charge on any atom is -0.393 e. The van der Waals surface area contributed by atoms with Crippen molar-refractivity contribution in [2.24, 2.45) is 17.3 Å². The molecule has 3 heteroatoms. The summed E-state index contributed by atoms with van der Waals surface area (Å²) in [6, 6.07) is 0. The van der Waals surface area contributed by atoms with E-state index in [1.54, 1.807) is 0 Å². The van der Waals surface area contributed by atoms with Crippen molar-refractivity contribution in [1.82, 2.24) is 9.55 Å². The first-order chi connectivity index (χ1) is 9.48. The first kappa shape index (κ1) is 15.6. The molecule has 1 aromatic rings. The van der Waals surface area contributed by atoms with Gasteiger partial charge >= 0.3 is 0 Å². The number of hydrogen-bond donors (Lipinski definition) is 1. The Kier molecular flexibility index (Phi) is 5.25. The van der Waals surface area contributed by atoms with Crippen LogP contribution in [0.25, 0.3) is 0 Å². The smallest absolute Gasteiger partial charge is 0.0945 e. The van der Waals surface area contributed by atoms with E-state index in [-0.39, 0.29) is 6.10 Å². The molecule has 1 N–H and O–H groups in total. The molecule has 0 aromatic carbocycles. The number of aromatic nitrogens is 2. The van der Waals surface area contributed by atoms with Gasteiger partial charge < -0.3 is 9.67 Å². The van der Waals surface area contributed by atoms with Gasteiger partial charge in [0.15, 0.2) is 0 Å². The van der Waals surface area contributed by atoms with Gasteiger partial charge in [0.25, 0.3) is 0 Å². The Morgan fingerprint density at radius 3 is 2.70 bits per heavy atom. The minimum absolute atomic E-state index is 0.136. The largest absolute Gasteiger partial charge is 0.393 e. The third-order valence-corrected chi connectivity index (χ3v) is 4.90. The third-order valence-electron chi connectivity index (χ3n) is 4.90. The average molecular weight is 278 g/mol. The molecule has 1 fully saturated rings. The maximum absolute atomic E-state index is 10.6. The van der Waals surface area contributed by atoms with Crippen LogP contribution in [0.4, 0.5) is 0 Å². The molecule has 1 aromatic heterocycles. The van der Waals surface area contributed by atoms with Crippen molar-refractivity contribution in [3.63, 3.8) is 0 Å². The molecule has 20 heavy (non-hydrogen) atoms. The molecule has 1 aliphatic rings. The molecule has 0 radical (unpaired) electrons. The van der Waals surface area contributed by atoms with Crippen molar-refractivity contribution in [3.8, 4) is 0 Å². The van der Waals surface area contributed by atoms with E-state index in [4.69, 9.17) is 0 Å². The lowest BCUT2D eigenvalue weighted by Gasteiger charge is -2.42. The van der Waals surface area contributed by atoms with Gasteiger partial charge in [-0.3, -0.25) is 0 Å². The lowest BCUT2D eigenvalue weighted by atomic mass is 9.64. The zero-order chi connectivity index (χ0) is 14.6. The van der Waals surface area contributed by atoms with E-state index in [0.29, 0.717) is 17.3 Å². The summed E-state index contributed by atoms with van der Waals surface area (Å²) in [5.74, 6) is 1.16. The van der Waals surface area contributed by atoms with Gasteiger partial charge in [-0.1, -0.05) is 33.6 Å². The second-order valence-corrected chi connectivity index (χ2v) is 7.43. The van der Waals surface area contributed by atoms with Crippen LogP contribution in [0, 0.1) is 17.3 Å². The highest BCUT2D eigenvalue weighted by Crippen LogP contribution is 2.43. The van der Waals surface area contributed by atoms with Crippen LogP contribution >= 0.6 is 0 Å². The summed E-state index contributed by atoms with van der Waals surface area (Å²) in [5, 5.41) is 10.6. The van der Waals surface area contributed by atoms with E-state index in [9.17, 15) is 5.11 Å². The molecule has 0 aliphatic heterocycles. The second kappa shape index (κ2) is 6.75. The number of hydrogen-bond acceptors (Lipinski definition) is 2. The van der Waals surface area contributed by atoms with Gasteiger partial charge in [0, 0.05) is 18.9 Å². The van der Waals surface area contributed by atoms with Crippen LogP contribution in [0.1, 0.15) is 59.3 Å². The van der Waals surface area contributed by atoms with Crippen LogP contribution in [0.2, 0.25) is 0 Å². The van der Waals surface area contributed by atoms with Crippen LogP contribution in [0.5, 0.6) is 0 Å². The van der Waals surface area contributed by atoms with Crippen molar-refractivity contribution in [3.05, 3.63) is 18.7 Å². The third kappa shape index (κ3) is 4.08. The Bertz CT molecular complexity index is 380. The lowest BCUT2D eigenvalue weighted by molar-refractivity contribution is -0.00230. The molecule has 3 nitrogen and oxygen atoms in total. The fourth-order valence-electron chi connectivity index (χ4n) is 3.81. The van der Waals surface area contributed by atoms with Gasteiger partial charge in [-0.2, -0.15) is 0 Å². The fraction of sp³-hybridized carbons (Fsp3) is 0.824. The maximum atomic E-state index is 10.6. The summed E-state index contributed by atoms with van der Waals surface area (Å²) in [7, 11) is 0. The molecule has 0 saturated heterocycles. The topological polar surface area (TPSA) is 38.0 Å². The van der Waals surface area contributed by atoms with Crippen molar-refractivity contribution < 1.29 is 5.11 Å². The number of rotatable bonds is 5. The van der Waals surface area contributed by atoms with Crippen LogP contribution in [0.15, 0.2) is 18.7 Å². The maximum Gasteiger partial charge on any atom is 0.0945 e. The highest BCUT2D eigenvalue weighted by atomic mass is 16.3. The van der Waals surface area contributed by atoms with Crippen molar-refractivity contribution in [2.45, 2.75) is 71.9 Å². The van der Waals surface area contributed by atoms with Gasteiger partial charge in [-0.25, -0.2) is 4.98 Å². The van der Waals surface area contributed by atoms with Gasteiger partial charge in [0.2, 0.25) is 0 Å². The lowest BCUT2D eigenvalue weighted by Crippen LogP contribution is -2.38. The van der Waals surface area contributed by atoms with Crippen LogP contribution in [-0.4, -0.2) is 20.8 Å². The number of aliphatic hydroxyl groups excluding tert-OH is 1. The van der Waals surface area contributed by atoms with Gasteiger partial charge in [0.1, 0.15) is 0 Å². The summed E-state index contributed by atoms with van der Waals surface area (Å²) < 4.78 is 2.09. The van der Waals surface area contributed by atoms with Crippen molar-refractivity contribution >= 4 is 0 Å². The van der Waals surface area contributed by atoms with Gasteiger partial charge in [-0.05, 0) is 42.9 Å². The van der Waals surface area contributed by atoms with E-state index in [1.165, 1.54) is 25.7 Å². The van der Waals surface area contributed by atoms with Crippen LogP contribution in [-0.2, 0) is 6.54 Å². The standard InChI is InChI=1S/C17H30N2O/c1-17(2,3)15-8-5-4-7-14(15)16(20)9-6-11-19-12-10-18-13-19/h10,12-16,20H,4-9,11H2,1-3H3.